The lowest BCUT2D eigenvalue weighted by atomic mass is 10.2. The standard InChI is InChI=1S/C15H26N2O3S/c1-5-17(13(2)12-16(3)4)21(19,20)15-8-6-14(7-9-15)10-11-18/h6-9,13,18H,5,10-12H2,1-4H3. The van der Waals surface area contributed by atoms with Gasteiger partial charge in [0.1, 0.15) is 0 Å². The van der Waals surface area contributed by atoms with E-state index in [1.54, 1.807) is 24.3 Å². The monoisotopic (exact) mass is 314 g/mol. The predicted octanol–water partition coefficient (Wildman–Crippen LogP) is 1.18. The Bertz CT molecular complexity index is 526. The molecule has 1 atom stereocenters. The average Bonchev–Trinajstić information content (AvgIpc) is 2.39. The molecule has 5 nitrogen and oxygen atoms in total. The maximum Gasteiger partial charge on any atom is 0.243 e. The molecule has 1 aromatic rings. The number of sulfonamides is 1. The van der Waals surface area contributed by atoms with Crippen molar-refractivity contribution >= 4 is 10.0 Å². The third-order valence-electron chi connectivity index (χ3n) is 3.36. The molecule has 0 aromatic heterocycles. The maximum atomic E-state index is 12.7. The molecule has 6 heteroatoms. The normalized spacial score (nSPS) is 13.9. The topological polar surface area (TPSA) is 60.9 Å². The molecule has 0 saturated heterocycles. The first-order valence-electron chi connectivity index (χ1n) is 7.19. The zero-order valence-corrected chi connectivity index (χ0v) is 14.1. The summed E-state index contributed by atoms with van der Waals surface area (Å²) in [6.07, 6.45) is 0.537. The molecule has 0 aliphatic carbocycles. The summed E-state index contributed by atoms with van der Waals surface area (Å²) in [6, 6.07) is 6.66. The van der Waals surface area contributed by atoms with Crippen molar-refractivity contribution in [1.29, 1.82) is 0 Å². The lowest BCUT2D eigenvalue weighted by Crippen LogP contribution is -2.43. The smallest absolute Gasteiger partial charge is 0.243 e. The van der Waals surface area contributed by atoms with Crippen molar-refractivity contribution < 1.29 is 13.5 Å². The number of nitrogens with zero attached hydrogens (tertiary/aromatic N) is 2. The van der Waals surface area contributed by atoms with Crippen LogP contribution in [-0.4, -0.2) is 62.6 Å². The molecule has 0 spiro atoms. The van der Waals surface area contributed by atoms with E-state index in [1.807, 2.05) is 32.8 Å². The van der Waals surface area contributed by atoms with Crippen LogP contribution in [0.5, 0.6) is 0 Å². The highest BCUT2D eigenvalue weighted by molar-refractivity contribution is 7.89. The van der Waals surface area contributed by atoms with Crippen molar-refractivity contribution in [2.75, 3.05) is 33.8 Å². The minimum atomic E-state index is -3.48. The predicted molar refractivity (Wildman–Crippen MR) is 84.8 cm³/mol. The molecular weight excluding hydrogens is 288 g/mol. The Morgan fingerprint density at radius 1 is 1.19 bits per heavy atom. The molecule has 0 heterocycles. The third kappa shape index (κ3) is 4.78. The van der Waals surface area contributed by atoms with Crippen molar-refractivity contribution in [3.63, 3.8) is 0 Å². The van der Waals surface area contributed by atoms with Gasteiger partial charge in [-0.3, -0.25) is 0 Å². The summed E-state index contributed by atoms with van der Waals surface area (Å²) in [7, 11) is 0.379. The Hall–Kier alpha value is -0.950. The van der Waals surface area contributed by atoms with Crippen molar-refractivity contribution in [1.82, 2.24) is 9.21 Å². The number of benzene rings is 1. The second-order valence-corrected chi connectivity index (χ2v) is 7.33. The van der Waals surface area contributed by atoms with Crippen LogP contribution in [0.15, 0.2) is 29.2 Å². The molecule has 1 aromatic carbocycles. The van der Waals surface area contributed by atoms with Crippen molar-refractivity contribution in [3.8, 4) is 0 Å². The molecule has 0 aliphatic heterocycles. The SMILES string of the molecule is CCN(C(C)CN(C)C)S(=O)(=O)c1ccc(CCO)cc1. The molecule has 1 rings (SSSR count). The lowest BCUT2D eigenvalue weighted by molar-refractivity contribution is 0.271. The van der Waals surface area contributed by atoms with Gasteiger partial charge in [-0.05, 0) is 45.1 Å². The zero-order valence-electron chi connectivity index (χ0n) is 13.3. The van der Waals surface area contributed by atoms with Gasteiger partial charge in [0.2, 0.25) is 10.0 Å². The van der Waals surface area contributed by atoms with Gasteiger partial charge in [-0.15, -0.1) is 0 Å². The van der Waals surface area contributed by atoms with Crippen LogP contribution in [0.1, 0.15) is 19.4 Å². The van der Waals surface area contributed by atoms with Crippen LogP contribution in [0.25, 0.3) is 0 Å². The van der Waals surface area contributed by atoms with E-state index >= 15 is 0 Å². The van der Waals surface area contributed by atoms with E-state index < -0.39 is 10.0 Å². The van der Waals surface area contributed by atoms with E-state index in [4.69, 9.17) is 5.11 Å². The van der Waals surface area contributed by atoms with Gasteiger partial charge >= 0.3 is 0 Å². The number of hydrogen-bond donors (Lipinski definition) is 1. The Kier molecular flexibility index (Phi) is 6.80. The van der Waals surface area contributed by atoms with E-state index in [-0.39, 0.29) is 12.6 Å². The molecule has 21 heavy (non-hydrogen) atoms. The first-order chi connectivity index (χ1) is 9.82. The molecule has 0 amide bonds. The fourth-order valence-electron chi connectivity index (χ4n) is 2.43. The molecule has 1 unspecified atom stereocenters. The summed E-state index contributed by atoms with van der Waals surface area (Å²) < 4.78 is 26.9. The van der Waals surface area contributed by atoms with E-state index in [0.29, 0.717) is 24.4 Å². The second-order valence-electron chi connectivity index (χ2n) is 5.44. The first-order valence-corrected chi connectivity index (χ1v) is 8.63. The minimum absolute atomic E-state index is 0.0626. The Morgan fingerprint density at radius 3 is 2.19 bits per heavy atom. The molecule has 0 aliphatic rings. The summed E-state index contributed by atoms with van der Waals surface area (Å²) in [5.74, 6) is 0. The van der Waals surface area contributed by atoms with E-state index in [9.17, 15) is 8.42 Å². The fraction of sp³-hybridized carbons (Fsp3) is 0.600. The second kappa shape index (κ2) is 7.89. The average molecular weight is 314 g/mol. The highest BCUT2D eigenvalue weighted by Crippen LogP contribution is 2.19. The molecule has 0 radical (unpaired) electrons. The molecule has 1 N–H and O–H groups in total. The van der Waals surface area contributed by atoms with Crippen LogP contribution >= 0.6 is 0 Å². The van der Waals surface area contributed by atoms with Gasteiger partial charge in [0.05, 0.1) is 4.90 Å². The Balaban J connectivity index is 3.01. The van der Waals surface area contributed by atoms with Gasteiger partial charge in [0.25, 0.3) is 0 Å². The summed E-state index contributed by atoms with van der Waals surface area (Å²) >= 11 is 0. The number of hydrogen-bond acceptors (Lipinski definition) is 4. The van der Waals surface area contributed by atoms with Crippen LogP contribution < -0.4 is 0 Å². The number of rotatable bonds is 8. The van der Waals surface area contributed by atoms with Crippen molar-refractivity contribution in [2.24, 2.45) is 0 Å². The van der Waals surface area contributed by atoms with Crippen LogP contribution in [0, 0.1) is 0 Å². The zero-order chi connectivity index (χ0) is 16.0. The van der Waals surface area contributed by atoms with E-state index in [2.05, 4.69) is 0 Å². The first kappa shape index (κ1) is 18.1. The summed E-state index contributed by atoms with van der Waals surface area (Å²) in [5.41, 5.74) is 0.931. The van der Waals surface area contributed by atoms with Gasteiger partial charge in [-0.25, -0.2) is 8.42 Å². The van der Waals surface area contributed by atoms with Gasteiger partial charge in [-0.1, -0.05) is 19.1 Å². The molecule has 0 bridgehead atoms. The number of likely N-dealkylation sites (N-methyl/N-ethyl adjacent to an activating group) is 2. The van der Waals surface area contributed by atoms with Crippen LogP contribution in [0.3, 0.4) is 0 Å². The summed E-state index contributed by atoms with van der Waals surface area (Å²) in [4.78, 5) is 2.28. The maximum absolute atomic E-state index is 12.7. The van der Waals surface area contributed by atoms with Gasteiger partial charge < -0.3 is 10.0 Å². The molecule has 120 valence electrons. The largest absolute Gasteiger partial charge is 0.396 e. The number of aliphatic hydroxyl groups excluding tert-OH is 1. The highest BCUT2D eigenvalue weighted by atomic mass is 32.2. The van der Waals surface area contributed by atoms with Crippen LogP contribution in [0.2, 0.25) is 0 Å². The van der Waals surface area contributed by atoms with Gasteiger partial charge in [0.15, 0.2) is 0 Å². The van der Waals surface area contributed by atoms with Crippen LogP contribution in [0.4, 0.5) is 0 Å². The molecular formula is C15H26N2O3S. The fourth-order valence-corrected chi connectivity index (χ4v) is 4.06. The van der Waals surface area contributed by atoms with E-state index in [0.717, 1.165) is 5.56 Å². The Labute approximate surface area is 128 Å². The molecule has 0 fully saturated rings. The molecule has 0 saturated carbocycles. The quantitative estimate of drug-likeness (QED) is 0.783. The minimum Gasteiger partial charge on any atom is -0.396 e. The summed E-state index contributed by atoms with van der Waals surface area (Å²) in [5, 5.41) is 8.90. The van der Waals surface area contributed by atoms with Crippen molar-refractivity contribution in [2.45, 2.75) is 31.2 Å². The van der Waals surface area contributed by atoms with E-state index in [1.165, 1.54) is 4.31 Å². The summed E-state index contributed by atoms with van der Waals surface area (Å²) in [6.45, 7) is 4.95. The lowest BCUT2D eigenvalue weighted by Gasteiger charge is -2.29. The Morgan fingerprint density at radius 2 is 1.76 bits per heavy atom. The van der Waals surface area contributed by atoms with Crippen molar-refractivity contribution in [3.05, 3.63) is 29.8 Å². The van der Waals surface area contributed by atoms with Crippen LogP contribution in [-0.2, 0) is 16.4 Å². The van der Waals surface area contributed by atoms with Gasteiger partial charge in [0, 0.05) is 25.7 Å². The highest BCUT2D eigenvalue weighted by Gasteiger charge is 2.27. The number of aliphatic hydroxyl groups is 1. The van der Waals surface area contributed by atoms with Gasteiger partial charge in [-0.2, -0.15) is 4.31 Å². The third-order valence-corrected chi connectivity index (χ3v) is 5.47.